The molecule has 0 bridgehead atoms. The number of nitrogens with one attached hydrogen (secondary N) is 1. The average Bonchev–Trinajstić information content (AvgIpc) is 2.70. The number of amides is 1. The van der Waals surface area contributed by atoms with Crippen LogP contribution in [0, 0.1) is 0 Å². The standard InChI is InChI=1S/C22H28N2O2/c1-26-21-10-7-18(8-11-21)9-12-22(25)23-14-4-15-24-16-13-19-5-2-3-6-20(19)17-24/h2-3,5-8,10-11H,4,9,12-17H2,1H3,(H,23,25). The third-order valence-electron chi connectivity index (χ3n) is 4.98. The molecule has 1 aliphatic heterocycles. The number of methoxy groups -OCH3 is 1. The molecule has 0 atom stereocenters. The van der Waals surface area contributed by atoms with Crippen molar-refractivity contribution in [2.45, 2.75) is 32.2 Å². The van der Waals surface area contributed by atoms with E-state index in [0.29, 0.717) is 6.42 Å². The molecule has 26 heavy (non-hydrogen) atoms. The topological polar surface area (TPSA) is 41.6 Å². The number of benzene rings is 2. The van der Waals surface area contributed by atoms with Crippen molar-refractivity contribution in [2.24, 2.45) is 0 Å². The molecule has 4 heteroatoms. The molecule has 0 saturated heterocycles. The zero-order valence-corrected chi connectivity index (χ0v) is 15.5. The van der Waals surface area contributed by atoms with Gasteiger partial charge in [0.15, 0.2) is 0 Å². The lowest BCUT2D eigenvalue weighted by Gasteiger charge is -2.28. The Morgan fingerprint density at radius 2 is 1.88 bits per heavy atom. The minimum atomic E-state index is 0.129. The monoisotopic (exact) mass is 352 g/mol. The summed E-state index contributed by atoms with van der Waals surface area (Å²) in [5, 5.41) is 3.04. The third kappa shape index (κ3) is 5.33. The van der Waals surface area contributed by atoms with Gasteiger partial charge in [-0.25, -0.2) is 0 Å². The lowest BCUT2D eigenvalue weighted by atomic mass is 10.00. The summed E-state index contributed by atoms with van der Waals surface area (Å²) in [7, 11) is 1.66. The van der Waals surface area contributed by atoms with E-state index in [0.717, 1.165) is 56.8 Å². The van der Waals surface area contributed by atoms with E-state index in [1.807, 2.05) is 24.3 Å². The minimum absolute atomic E-state index is 0.129. The molecule has 0 aliphatic carbocycles. The van der Waals surface area contributed by atoms with Crippen molar-refractivity contribution in [1.29, 1.82) is 0 Å². The van der Waals surface area contributed by atoms with Crippen LogP contribution in [0.4, 0.5) is 0 Å². The second-order valence-electron chi connectivity index (χ2n) is 6.85. The molecule has 1 aliphatic rings. The first kappa shape index (κ1) is 18.5. The van der Waals surface area contributed by atoms with Crippen molar-refractivity contribution in [3.63, 3.8) is 0 Å². The quantitative estimate of drug-likeness (QED) is 0.742. The van der Waals surface area contributed by atoms with E-state index in [2.05, 4.69) is 34.5 Å². The van der Waals surface area contributed by atoms with Gasteiger partial charge in [-0.1, -0.05) is 36.4 Å². The Morgan fingerprint density at radius 1 is 1.12 bits per heavy atom. The highest BCUT2D eigenvalue weighted by atomic mass is 16.5. The maximum Gasteiger partial charge on any atom is 0.220 e. The second-order valence-corrected chi connectivity index (χ2v) is 6.85. The molecule has 2 aromatic carbocycles. The number of aryl methyl sites for hydroxylation is 1. The normalized spacial score (nSPS) is 13.9. The van der Waals surface area contributed by atoms with Gasteiger partial charge in [-0.3, -0.25) is 9.69 Å². The van der Waals surface area contributed by atoms with Crippen LogP contribution in [-0.4, -0.2) is 37.6 Å². The van der Waals surface area contributed by atoms with Crippen molar-refractivity contribution >= 4 is 5.91 Å². The number of rotatable bonds is 8. The molecule has 0 aromatic heterocycles. The Hall–Kier alpha value is -2.33. The van der Waals surface area contributed by atoms with Gasteiger partial charge < -0.3 is 10.1 Å². The summed E-state index contributed by atoms with van der Waals surface area (Å²) >= 11 is 0. The van der Waals surface area contributed by atoms with Crippen molar-refractivity contribution in [3.05, 3.63) is 65.2 Å². The number of hydrogen-bond acceptors (Lipinski definition) is 3. The number of fused-ring (bicyclic) bond motifs is 1. The molecule has 4 nitrogen and oxygen atoms in total. The van der Waals surface area contributed by atoms with Crippen molar-refractivity contribution in [1.82, 2.24) is 10.2 Å². The molecule has 0 spiro atoms. The highest BCUT2D eigenvalue weighted by Crippen LogP contribution is 2.18. The molecular formula is C22H28N2O2. The smallest absolute Gasteiger partial charge is 0.220 e. The molecular weight excluding hydrogens is 324 g/mol. The first-order valence-corrected chi connectivity index (χ1v) is 9.43. The fraction of sp³-hybridized carbons (Fsp3) is 0.409. The van der Waals surface area contributed by atoms with E-state index >= 15 is 0 Å². The van der Waals surface area contributed by atoms with Gasteiger partial charge in [0.25, 0.3) is 0 Å². The second kappa shape index (κ2) is 9.39. The Balaban J connectivity index is 1.30. The van der Waals surface area contributed by atoms with E-state index < -0.39 is 0 Å². The van der Waals surface area contributed by atoms with Gasteiger partial charge >= 0.3 is 0 Å². The Morgan fingerprint density at radius 3 is 2.65 bits per heavy atom. The summed E-state index contributed by atoms with van der Waals surface area (Å²) in [6.07, 6.45) is 3.42. The van der Waals surface area contributed by atoms with E-state index in [1.54, 1.807) is 7.11 Å². The minimum Gasteiger partial charge on any atom is -0.497 e. The number of ether oxygens (including phenoxy) is 1. The van der Waals surface area contributed by atoms with Gasteiger partial charge in [0.2, 0.25) is 5.91 Å². The van der Waals surface area contributed by atoms with Gasteiger partial charge in [-0.2, -0.15) is 0 Å². The lowest BCUT2D eigenvalue weighted by molar-refractivity contribution is -0.121. The average molecular weight is 352 g/mol. The van der Waals surface area contributed by atoms with Crippen LogP contribution in [0.5, 0.6) is 5.75 Å². The van der Waals surface area contributed by atoms with Gasteiger partial charge in [0.05, 0.1) is 7.11 Å². The molecule has 0 fully saturated rings. The first-order valence-electron chi connectivity index (χ1n) is 9.43. The van der Waals surface area contributed by atoms with E-state index in [9.17, 15) is 4.79 Å². The maximum atomic E-state index is 12.0. The fourth-order valence-electron chi connectivity index (χ4n) is 3.41. The fourth-order valence-corrected chi connectivity index (χ4v) is 3.41. The zero-order chi connectivity index (χ0) is 18.2. The molecule has 0 saturated carbocycles. The summed E-state index contributed by atoms with van der Waals surface area (Å²) in [5.41, 5.74) is 4.09. The van der Waals surface area contributed by atoms with Crippen molar-refractivity contribution < 1.29 is 9.53 Å². The van der Waals surface area contributed by atoms with Crippen LogP contribution < -0.4 is 10.1 Å². The SMILES string of the molecule is COc1ccc(CCC(=O)NCCCN2CCc3ccccc3C2)cc1. The van der Waals surface area contributed by atoms with Crippen LogP contribution in [0.15, 0.2) is 48.5 Å². The van der Waals surface area contributed by atoms with E-state index in [1.165, 1.54) is 11.1 Å². The highest BCUT2D eigenvalue weighted by molar-refractivity contribution is 5.76. The van der Waals surface area contributed by atoms with Crippen LogP contribution >= 0.6 is 0 Å². The summed E-state index contributed by atoms with van der Waals surface area (Å²) in [6, 6.07) is 16.6. The number of carbonyl (C=O) groups is 1. The predicted molar refractivity (Wildman–Crippen MR) is 104 cm³/mol. The number of hydrogen-bond donors (Lipinski definition) is 1. The van der Waals surface area contributed by atoms with Crippen LogP contribution in [-0.2, 0) is 24.2 Å². The van der Waals surface area contributed by atoms with Crippen LogP contribution in [0.1, 0.15) is 29.5 Å². The number of carbonyl (C=O) groups excluding carboxylic acids is 1. The first-order chi connectivity index (χ1) is 12.7. The van der Waals surface area contributed by atoms with Crippen molar-refractivity contribution in [3.8, 4) is 5.75 Å². The maximum absolute atomic E-state index is 12.0. The predicted octanol–water partition coefficient (Wildman–Crippen LogP) is 3.19. The highest BCUT2D eigenvalue weighted by Gasteiger charge is 2.14. The Labute approximate surface area is 156 Å². The lowest BCUT2D eigenvalue weighted by Crippen LogP contribution is -2.33. The largest absolute Gasteiger partial charge is 0.497 e. The van der Waals surface area contributed by atoms with Crippen LogP contribution in [0.25, 0.3) is 0 Å². The number of nitrogens with zero attached hydrogens (tertiary/aromatic N) is 1. The van der Waals surface area contributed by atoms with Gasteiger partial charge in [0, 0.05) is 32.6 Å². The summed E-state index contributed by atoms with van der Waals surface area (Å²) in [6.45, 7) is 3.93. The van der Waals surface area contributed by atoms with Gasteiger partial charge in [0.1, 0.15) is 5.75 Å². The molecule has 1 heterocycles. The summed E-state index contributed by atoms with van der Waals surface area (Å²) < 4.78 is 5.15. The molecule has 0 radical (unpaired) electrons. The summed E-state index contributed by atoms with van der Waals surface area (Å²) in [5.74, 6) is 0.975. The Kier molecular flexibility index (Phi) is 6.67. The van der Waals surface area contributed by atoms with E-state index in [4.69, 9.17) is 4.74 Å². The third-order valence-corrected chi connectivity index (χ3v) is 4.98. The van der Waals surface area contributed by atoms with Gasteiger partial charge in [-0.15, -0.1) is 0 Å². The molecule has 0 unspecified atom stereocenters. The molecule has 2 aromatic rings. The molecule has 138 valence electrons. The zero-order valence-electron chi connectivity index (χ0n) is 15.5. The molecule has 1 amide bonds. The van der Waals surface area contributed by atoms with Crippen molar-refractivity contribution in [2.75, 3.05) is 26.7 Å². The molecule has 3 rings (SSSR count). The van der Waals surface area contributed by atoms with Crippen LogP contribution in [0.2, 0.25) is 0 Å². The summed E-state index contributed by atoms with van der Waals surface area (Å²) in [4.78, 5) is 14.5. The Bertz CT molecular complexity index is 712. The van der Waals surface area contributed by atoms with Gasteiger partial charge in [-0.05, 0) is 48.1 Å². The molecule has 1 N–H and O–H groups in total. The van der Waals surface area contributed by atoms with Crippen LogP contribution in [0.3, 0.4) is 0 Å². The van der Waals surface area contributed by atoms with E-state index in [-0.39, 0.29) is 5.91 Å².